The molecular weight excluding hydrogens is 230 g/mol. The fraction of sp³-hybridized carbons (Fsp3) is 0.385. The Labute approximate surface area is 105 Å². The number of imidazole rings is 1. The quantitative estimate of drug-likeness (QED) is 0.840. The van der Waals surface area contributed by atoms with Gasteiger partial charge in [0.2, 0.25) is 6.41 Å². The van der Waals surface area contributed by atoms with Crippen molar-refractivity contribution < 1.29 is 9.53 Å². The van der Waals surface area contributed by atoms with Crippen molar-refractivity contribution in [2.24, 2.45) is 0 Å². The summed E-state index contributed by atoms with van der Waals surface area (Å²) in [7, 11) is 1.64. The Hall–Kier alpha value is -2.04. The fourth-order valence-electron chi connectivity index (χ4n) is 2.50. The number of H-pyrrole nitrogens is 1. The average molecular weight is 245 g/mol. The van der Waals surface area contributed by atoms with E-state index in [1.165, 1.54) is 0 Å². The first-order chi connectivity index (χ1) is 8.81. The van der Waals surface area contributed by atoms with Gasteiger partial charge in [0.05, 0.1) is 24.2 Å². The molecule has 1 aliphatic heterocycles. The van der Waals surface area contributed by atoms with E-state index in [1.807, 2.05) is 18.2 Å². The molecule has 5 heteroatoms. The molecule has 18 heavy (non-hydrogen) atoms. The second-order valence-corrected chi connectivity index (χ2v) is 4.51. The number of rotatable bonds is 3. The monoisotopic (exact) mass is 245 g/mol. The molecule has 1 fully saturated rings. The Kier molecular flexibility index (Phi) is 2.66. The number of carbonyl (C=O) groups excluding carboxylic acids is 1. The van der Waals surface area contributed by atoms with Crippen molar-refractivity contribution in [3.8, 4) is 5.75 Å². The highest BCUT2D eigenvalue weighted by atomic mass is 16.5. The summed E-state index contributed by atoms with van der Waals surface area (Å²) in [5, 5.41) is 0. The van der Waals surface area contributed by atoms with Crippen LogP contribution < -0.4 is 4.74 Å². The van der Waals surface area contributed by atoms with Gasteiger partial charge in [-0.3, -0.25) is 4.79 Å². The van der Waals surface area contributed by atoms with Crippen LogP contribution in [-0.4, -0.2) is 34.9 Å². The normalized spacial score (nSPS) is 19.4. The lowest BCUT2D eigenvalue weighted by Crippen LogP contribution is -2.21. The third-order valence-corrected chi connectivity index (χ3v) is 3.45. The van der Waals surface area contributed by atoms with E-state index in [0.717, 1.165) is 48.4 Å². The number of hydrogen-bond donors (Lipinski definition) is 1. The van der Waals surface area contributed by atoms with Gasteiger partial charge in [-0.1, -0.05) is 0 Å². The van der Waals surface area contributed by atoms with E-state index in [4.69, 9.17) is 4.74 Å². The largest absolute Gasteiger partial charge is 0.497 e. The van der Waals surface area contributed by atoms with Crippen molar-refractivity contribution in [3.05, 3.63) is 24.0 Å². The number of amides is 1. The summed E-state index contributed by atoms with van der Waals surface area (Å²) in [4.78, 5) is 20.6. The number of aromatic nitrogens is 2. The molecule has 0 spiro atoms. The Morgan fingerprint density at radius 1 is 1.56 bits per heavy atom. The molecule has 1 aliphatic rings. The van der Waals surface area contributed by atoms with Gasteiger partial charge >= 0.3 is 0 Å². The Balaban J connectivity index is 2.00. The lowest BCUT2D eigenvalue weighted by atomic mass is 10.2. The van der Waals surface area contributed by atoms with Gasteiger partial charge in [-0.25, -0.2) is 4.98 Å². The molecule has 0 bridgehead atoms. The average Bonchev–Trinajstić information content (AvgIpc) is 3.03. The third-order valence-electron chi connectivity index (χ3n) is 3.45. The standard InChI is InChI=1S/C13H15N3O2/c1-18-9-4-5-10-11(7-9)15-13(14-10)12-3-2-6-16(12)8-17/h4-5,7-8,12H,2-3,6H2,1H3,(H,14,15)/t12-/m0/s1. The summed E-state index contributed by atoms with van der Waals surface area (Å²) in [5.74, 6) is 1.67. The van der Waals surface area contributed by atoms with Gasteiger partial charge in [0.1, 0.15) is 11.6 Å². The third kappa shape index (κ3) is 1.72. The Morgan fingerprint density at radius 2 is 2.44 bits per heavy atom. The SMILES string of the molecule is COc1ccc2nc([C@@H]3CCCN3C=O)[nH]c2c1. The van der Waals surface area contributed by atoms with Crippen LogP contribution in [0.5, 0.6) is 5.75 Å². The number of nitrogens with one attached hydrogen (secondary N) is 1. The van der Waals surface area contributed by atoms with E-state index in [0.29, 0.717) is 0 Å². The van der Waals surface area contributed by atoms with Crippen molar-refractivity contribution in [1.82, 2.24) is 14.9 Å². The molecule has 1 aromatic heterocycles. The van der Waals surface area contributed by atoms with Crippen LogP contribution in [0.1, 0.15) is 24.7 Å². The molecule has 0 saturated carbocycles. The van der Waals surface area contributed by atoms with E-state index in [2.05, 4.69) is 9.97 Å². The summed E-state index contributed by atoms with van der Waals surface area (Å²) in [6.45, 7) is 0.814. The van der Waals surface area contributed by atoms with E-state index in [1.54, 1.807) is 12.0 Å². The van der Waals surface area contributed by atoms with Crippen LogP contribution in [0.3, 0.4) is 0 Å². The number of fused-ring (bicyclic) bond motifs is 1. The van der Waals surface area contributed by atoms with Crippen LogP contribution in [0.15, 0.2) is 18.2 Å². The molecule has 94 valence electrons. The summed E-state index contributed by atoms with van der Waals surface area (Å²) in [6.07, 6.45) is 2.91. The first-order valence-corrected chi connectivity index (χ1v) is 6.06. The maximum Gasteiger partial charge on any atom is 0.210 e. The van der Waals surface area contributed by atoms with E-state index < -0.39 is 0 Å². The zero-order chi connectivity index (χ0) is 12.5. The van der Waals surface area contributed by atoms with Gasteiger partial charge in [-0.05, 0) is 25.0 Å². The van der Waals surface area contributed by atoms with Gasteiger partial charge in [-0.2, -0.15) is 0 Å². The minimum atomic E-state index is 0.0842. The minimum absolute atomic E-state index is 0.0842. The zero-order valence-electron chi connectivity index (χ0n) is 10.2. The molecule has 3 rings (SSSR count). The van der Waals surface area contributed by atoms with Crippen molar-refractivity contribution in [3.63, 3.8) is 0 Å². The van der Waals surface area contributed by atoms with Gasteiger partial charge in [-0.15, -0.1) is 0 Å². The molecule has 5 nitrogen and oxygen atoms in total. The molecule has 0 unspecified atom stereocenters. The molecule has 1 saturated heterocycles. The molecule has 1 amide bonds. The Morgan fingerprint density at radius 3 is 3.22 bits per heavy atom. The van der Waals surface area contributed by atoms with Crippen LogP contribution >= 0.6 is 0 Å². The van der Waals surface area contributed by atoms with Crippen LogP contribution in [0.2, 0.25) is 0 Å². The molecule has 1 atom stereocenters. The van der Waals surface area contributed by atoms with Gasteiger partial charge in [0.25, 0.3) is 0 Å². The molecular formula is C13H15N3O2. The maximum atomic E-state index is 11.0. The molecule has 1 N–H and O–H groups in total. The molecule has 0 radical (unpaired) electrons. The number of carbonyl (C=O) groups is 1. The smallest absolute Gasteiger partial charge is 0.210 e. The van der Waals surface area contributed by atoms with Crippen LogP contribution in [0.25, 0.3) is 11.0 Å². The second-order valence-electron chi connectivity index (χ2n) is 4.51. The first-order valence-electron chi connectivity index (χ1n) is 6.06. The van der Waals surface area contributed by atoms with Crippen molar-refractivity contribution in [2.45, 2.75) is 18.9 Å². The maximum absolute atomic E-state index is 11.0. The van der Waals surface area contributed by atoms with Gasteiger partial charge < -0.3 is 14.6 Å². The van der Waals surface area contributed by atoms with E-state index >= 15 is 0 Å². The summed E-state index contributed by atoms with van der Waals surface area (Å²) in [5.41, 5.74) is 1.85. The highest BCUT2D eigenvalue weighted by Crippen LogP contribution is 2.30. The summed E-state index contributed by atoms with van der Waals surface area (Å²) >= 11 is 0. The number of hydrogen-bond acceptors (Lipinski definition) is 3. The second kappa shape index (κ2) is 4.33. The predicted octanol–water partition coefficient (Wildman–Crippen LogP) is 1.86. The number of aromatic amines is 1. The van der Waals surface area contributed by atoms with E-state index in [9.17, 15) is 4.79 Å². The van der Waals surface area contributed by atoms with Crippen molar-refractivity contribution in [2.75, 3.05) is 13.7 Å². The number of ether oxygens (including phenoxy) is 1. The summed E-state index contributed by atoms with van der Waals surface area (Å²) < 4.78 is 5.18. The van der Waals surface area contributed by atoms with Crippen LogP contribution in [0, 0.1) is 0 Å². The van der Waals surface area contributed by atoms with Crippen molar-refractivity contribution >= 4 is 17.4 Å². The highest BCUT2D eigenvalue weighted by molar-refractivity contribution is 5.77. The predicted molar refractivity (Wildman–Crippen MR) is 67.4 cm³/mol. The van der Waals surface area contributed by atoms with Crippen LogP contribution in [0.4, 0.5) is 0 Å². The van der Waals surface area contributed by atoms with E-state index in [-0.39, 0.29) is 6.04 Å². The fourth-order valence-corrected chi connectivity index (χ4v) is 2.50. The lowest BCUT2D eigenvalue weighted by Gasteiger charge is -2.17. The van der Waals surface area contributed by atoms with Gasteiger partial charge in [0, 0.05) is 12.6 Å². The molecule has 1 aromatic carbocycles. The summed E-state index contributed by atoms with van der Waals surface area (Å²) in [6, 6.07) is 5.82. The topological polar surface area (TPSA) is 58.2 Å². The minimum Gasteiger partial charge on any atom is -0.497 e. The number of likely N-dealkylation sites (tertiary alicyclic amines) is 1. The van der Waals surface area contributed by atoms with Crippen LogP contribution in [-0.2, 0) is 4.79 Å². The molecule has 2 heterocycles. The lowest BCUT2D eigenvalue weighted by molar-refractivity contribution is -0.119. The molecule has 2 aromatic rings. The Bertz CT molecular complexity index is 579. The van der Waals surface area contributed by atoms with Crippen molar-refractivity contribution in [1.29, 1.82) is 0 Å². The molecule has 0 aliphatic carbocycles. The zero-order valence-corrected chi connectivity index (χ0v) is 10.2. The van der Waals surface area contributed by atoms with Gasteiger partial charge in [0.15, 0.2) is 0 Å². The number of nitrogens with zero attached hydrogens (tertiary/aromatic N) is 2. The number of methoxy groups -OCH3 is 1. The highest BCUT2D eigenvalue weighted by Gasteiger charge is 2.27. The first kappa shape index (κ1) is 11.1. The number of benzene rings is 1.